The summed E-state index contributed by atoms with van der Waals surface area (Å²) in [5, 5.41) is 3.45. The number of hydrogen-bond donors (Lipinski definition) is 1. The van der Waals surface area contributed by atoms with Gasteiger partial charge in [-0.2, -0.15) is 0 Å². The molecule has 1 aliphatic heterocycles. The lowest BCUT2D eigenvalue weighted by molar-refractivity contribution is 0.637. The molecule has 0 aliphatic carbocycles. The average Bonchev–Trinajstić information content (AvgIpc) is 2.27. The molecule has 1 heterocycles. The molecular formula is C13H20N2. The molecule has 0 fully saturated rings. The molecule has 0 aromatic heterocycles. The van der Waals surface area contributed by atoms with Gasteiger partial charge in [0, 0.05) is 25.3 Å². The third-order valence-corrected chi connectivity index (χ3v) is 3.28. The van der Waals surface area contributed by atoms with Crippen LogP contribution in [0.15, 0.2) is 18.2 Å². The molecule has 2 rings (SSSR count). The Morgan fingerprint density at radius 1 is 1.33 bits per heavy atom. The topological polar surface area (TPSA) is 15.3 Å². The maximum Gasteiger partial charge on any atom is 0.0414 e. The minimum absolute atomic E-state index is 0.554. The molecule has 0 radical (unpaired) electrons. The normalized spacial score (nSPS) is 15.2. The fourth-order valence-electron chi connectivity index (χ4n) is 2.10. The summed E-state index contributed by atoms with van der Waals surface area (Å²) in [5.74, 6) is 0. The van der Waals surface area contributed by atoms with Crippen LogP contribution >= 0.6 is 0 Å². The first-order chi connectivity index (χ1) is 7.20. The Balaban J connectivity index is 2.39. The van der Waals surface area contributed by atoms with E-state index in [1.54, 1.807) is 0 Å². The highest BCUT2D eigenvalue weighted by molar-refractivity contribution is 5.57. The zero-order valence-corrected chi connectivity index (χ0v) is 9.88. The summed E-state index contributed by atoms with van der Waals surface area (Å²) in [6.45, 7) is 6.59. The lowest BCUT2D eigenvalue weighted by Crippen LogP contribution is -2.30. The Bertz CT molecular complexity index is 344. The van der Waals surface area contributed by atoms with Gasteiger partial charge in [0.1, 0.15) is 0 Å². The third kappa shape index (κ3) is 2.00. The van der Waals surface area contributed by atoms with Gasteiger partial charge in [-0.05, 0) is 44.0 Å². The molecule has 2 nitrogen and oxygen atoms in total. The van der Waals surface area contributed by atoms with Gasteiger partial charge >= 0.3 is 0 Å². The highest BCUT2D eigenvalue weighted by Crippen LogP contribution is 2.26. The average molecular weight is 204 g/mol. The Labute approximate surface area is 92.3 Å². The van der Waals surface area contributed by atoms with E-state index < -0.39 is 0 Å². The molecule has 1 aromatic carbocycles. The summed E-state index contributed by atoms with van der Waals surface area (Å²) < 4.78 is 0. The molecule has 0 atom stereocenters. The van der Waals surface area contributed by atoms with Crippen LogP contribution in [-0.4, -0.2) is 19.6 Å². The van der Waals surface area contributed by atoms with Crippen LogP contribution in [0, 0.1) is 0 Å². The quantitative estimate of drug-likeness (QED) is 0.794. The molecule has 2 heteroatoms. The van der Waals surface area contributed by atoms with Crippen LogP contribution in [0.1, 0.15) is 25.0 Å². The molecule has 0 unspecified atom stereocenters. The van der Waals surface area contributed by atoms with Crippen LogP contribution in [0.2, 0.25) is 0 Å². The Morgan fingerprint density at radius 2 is 2.13 bits per heavy atom. The van der Waals surface area contributed by atoms with E-state index in [0.29, 0.717) is 6.04 Å². The second kappa shape index (κ2) is 4.23. The summed E-state index contributed by atoms with van der Waals surface area (Å²) in [4.78, 5) is 2.35. The van der Waals surface area contributed by atoms with E-state index in [4.69, 9.17) is 0 Å². The number of hydrogen-bond acceptors (Lipinski definition) is 2. The number of anilines is 1. The molecule has 0 amide bonds. The van der Waals surface area contributed by atoms with Gasteiger partial charge in [-0.3, -0.25) is 0 Å². The van der Waals surface area contributed by atoms with Gasteiger partial charge in [0.2, 0.25) is 0 Å². The van der Waals surface area contributed by atoms with Gasteiger partial charge in [0.05, 0.1) is 0 Å². The van der Waals surface area contributed by atoms with Gasteiger partial charge in [-0.25, -0.2) is 0 Å². The van der Waals surface area contributed by atoms with Gasteiger partial charge in [-0.15, -0.1) is 0 Å². The minimum atomic E-state index is 0.554. The fraction of sp³-hybridized carbons (Fsp3) is 0.538. The standard InChI is InChI=1S/C13H20N2/c1-10(2)15(3)13-6-4-5-11-7-8-14-9-12(11)13/h4-6,10,14H,7-9H2,1-3H3. The number of rotatable bonds is 2. The first kappa shape index (κ1) is 10.5. The molecule has 0 bridgehead atoms. The minimum Gasteiger partial charge on any atom is -0.372 e. The lowest BCUT2D eigenvalue weighted by Gasteiger charge is -2.29. The van der Waals surface area contributed by atoms with Crippen LogP contribution in [0.25, 0.3) is 0 Å². The van der Waals surface area contributed by atoms with Crippen molar-refractivity contribution in [3.8, 4) is 0 Å². The summed E-state index contributed by atoms with van der Waals surface area (Å²) in [7, 11) is 2.18. The van der Waals surface area contributed by atoms with Crippen LogP contribution < -0.4 is 10.2 Å². The first-order valence-electron chi connectivity index (χ1n) is 5.74. The highest BCUT2D eigenvalue weighted by atomic mass is 15.1. The molecule has 1 aromatic rings. The number of nitrogens with one attached hydrogen (secondary N) is 1. The predicted octanol–water partition coefficient (Wildman–Crippen LogP) is 2.18. The zero-order chi connectivity index (χ0) is 10.8. The third-order valence-electron chi connectivity index (χ3n) is 3.28. The van der Waals surface area contributed by atoms with Crippen molar-refractivity contribution in [1.29, 1.82) is 0 Å². The van der Waals surface area contributed by atoms with Crippen molar-refractivity contribution < 1.29 is 0 Å². The predicted molar refractivity (Wildman–Crippen MR) is 65.4 cm³/mol. The number of benzene rings is 1. The molecular weight excluding hydrogens is 184 g/mol. The van der Waals surface area contributed by atoms with Crippen molar-refractivity contribution >= 4 is 5.69 Å². The molecule has 1 N–H and O–H groups in total. The highest BCUT2D eigenvalue weighted by Gasteiger charge is 2.15. The van der Waals surface area contributed by atoms with Crippen LogP contribution in [0.4, 0.5) is 5.69 Å². The van der Waals surface area contributed by atoms with Gasteiger partial charge < -0.3 is 10.2 Å². The van der Waals surface area contributed by atoms with Crippen molar-refractivity contribution in [2.75, 3.05) is 18.5 Å². The molecule has 0 saturated carbocycles. The second-order valence-electron chi connectivity index (χ2n) is 4.55. The maximum absolute atomic E-state index is 3.45. The summed E-state index contributed by atoms with van der Waals surface area (Å²) in [6, 6.07) is 7.22. The van der Waals surface area contributed by atoms with E-state index in [1.807, 2.05) is 0 Å². The van der Waals surface area contributed by atoms with Gasteiger partial charge in [0.25, 0.3) is 0 Å². The maximum atomic E-state index is 3.45. The van der Waals surface area contributed by atoms with Gasteiger partial charge in [0.15, 0.2) is 0 Å². The SMILES string of the molecule is CC(C)N(C)c1cccc2c1CNCC2. The van der Waals surface area contributed by atoms with E-state index >= 15 is 0 Å². The zero-order valence-electron chi connectivity index (χ0n) is 9.88. The van der Waals surface area contributed by atoms with E-state index in [0.717, 1.165) is 19.5 Å². The van der Waals surface area contributed by atoms with Crippen LogP contribution in [-0.2, 0) is 13.0 Å². The fourth-order valence-corrected chi connectivity index (χ4v) is 2.10. The largest absolute Gasteiger partial charge is 0.372 e. The first-order valence-corrected chi connectivity index (χ1v) is 5.74. The van der Waals surface area contributed by atoms with Crippen molar-refractivity contribution in [2.24, 2.45) is 0 Å². The monoisotopic (exact) mass is 204 g/mol. The van der Waals surface area contributed by atoms with E-state index in [-0.39, 0.29) is 0 Å². The summed E-state index contributed by atoms with van der Waals surface area (Å²) in [6.07, 6.45) is 1.16. The number of nitrogens with zero attached hydrogens (tertiary/aromatic N) is 1. The van der Waals surface area contributed by atoms with E-state index in [2.05, 4.69) is 49.3 Å². The van der Waals surface area contributed by atoms with Gasteiger partial charge in [-0.1, -0.05) is 12.1 Å². The Hall–Kier alpha value is -1.02. The molecule has 82 valence electrons. The van der Waals surface area contributed by atoms with Crippen LogP contribution in [0.3, 0.4) is 0 Å². The van der Waals surface area contributed by atoms with Crippen molar-refractivity contribution in [3.63, 3.8) is 0 Å². The second-order valence-corrected chi connectivity index (χ2v) is 4.55. The molecule has 15 heavy (non-hydrogen) atoms. The van der Waals surface area contributed by atoms with Crippen molar-refractivity contribution in [3.05, 3.63) is 29.3 Å². The Kier molecular flexibility index (Phi) is 2.96. The Morgan fingerprint density at radius 3 is 2.87 bits per heavy atom. The summed E-state index contributed by atoms with van der Waals surface area (Å²) in [5.41, 5.74) is 4.38. The summed E-state index contributed by atoms with van der Waals surface area (Å²) >= 11 is 0. The van der Waals surface area contributed by atoms with Crippen molar-refractivity contribution in [2.45, 2.75) is 32.9 Å². The van der Waals surface area contributed by atoms with Crippen molar-refractivity contribution in [1.82, 2.24) is 5.32 Å². The lowest BCUT2D eigenvalue weighted by atomic mass is 9.98. The smallest absolute Gasteiger partial charge is 0.0414 e. The van der Waals surface area contributed by atoms with E-state index in [1.165, 1.54) is 16.8 Å². The molecule has 1 aliphatic rings. The number of fused-ring (bicyclic) bond motifs is 1. The van der Waals surface area contributed by atoms with E-state index in [9.17, 15) is 0 Å². The van der Waals surface area contributed by atoms with Crippen LogP contribution in [0.5, 0.6) is 0 Å². The molecule has 0 saturated heterocycles. The molecule has 0 spiro atoms.